The first-order valence-electron chi connectivity index (χ1n) is 6.29. The van der Waals surface area contributed by atoms with E-state index >= 15 is 0 Å². The Kier molecular flexibility index (Phi) is 4.39. The second-order valence-corrected chi connectivity index (χ2v) is 6.03. The van der Waals surface area contributed by atoms with E-state index in [1.165, 1.54) is 6.07 Å². The van der Waals surface area contributed by atoms with E-state index in [0.29, 0.717) is 0 Å². The average Bonchev–Trinajstić information content (AvgIpc) is 2.87. The van der Waals surface area contributed by atoms with Gasteiger partial charge in [-0.15, -0.1) is 10.2 Å². The Balaban J connectivity index is 2.19. The zero-order valence-corrected chi connectivity index (χ0v) is 12.4. The smallest absolute Gasteiger partial charge is 0.269 e. The van der Waals surface area contributed by atoms with Crippen LogP contribution in [-0.4, -0.2) is 19.7 Å². The summed E-state index contributed by atoms with van der Waals surface area (Å²) in [4.78, 5) is 10.4. The Morgan fingerprint density at radius 1 is 1.35 bits per heavy atom. The fourth-order valence-corrected chi connectivity index (χ4v) is 2.86. The van der Waals surface area contributed by atoms with E-state index in [1.807, 2.05) is 17.6 Å². The number of aromatic nitrogens is 3. The fourth-order valence-electron chi connectivity index (χ4n) is 1.79. The Bertz CT molecular complexity index is 612. The standard InChI is InChI=1S/C13H16N4O2S/c1-9(2)16-8-14-15-13(16)20-10(3)11-5-4-6-12(7-11)17(18)19/h4-10H,1-3H3. The maximum Gasteiger partial charge on any atom is 0.269 e. The third kappa shape index (κ3) is 3.16. The molecule has 0 saturated carbocycles. The monoisotopic (exact) mass is 292 g/mol. The van der Waals surface area contributed by atoms with Crippen molar-refractivity contribution in [1.82, 2.24) is 14.8 Å². The Hall–Kier alpha value is -1.89. The zero-order valence-electron chi connectivity index (χ0n) is 11.6. The number of rotatable bonds is 5. The lowest BCUT2D eigenvalue weighted by Crippen LogP contribution is -2.02. The van der Waals surface area contributed by atoms with Crippen LogP contribution >= 0.6 is 11.8 Å². The number of hydrogen-bond acceptors (Lipinski definition) is 5. The van der Waals surface area contributed by atoms with Gasteiger partial charge in [0, 0.05) is 23.4 Å². The quantitative estimate of drug-likeness (QED) is 0.478. The Morgan fingerprint density at radius 3 is 2.75 bits per heavy atom. The average molecular weight is 292 g/mol. The van der Waals surface area contributed by atoms with Crippen molar-refractivity contribution in [2.45, 2.75) is 37.2 Å². The molecule has 0 fully saturated rings. The van der Waals surface area contributed by atoms with Crippen molar-refractivity contribution >= 4 is 17.4 Å². The molecule has 106 valence electrons. The van der Waals surface area contributed by atoms with Crippen molar-refractivity contribution < 1.29 is 4.92 Å². The number of non-ortho nitro benzene ring substituents is 1. The molecule has 0 aliphatic heterocycles. The molecule has 1 atom stereocenters. The minimum absolute atomic E-state index is 0.0663. The van der Waals surface area contributed by atoms with Gasteiger partial charge in [-0.1, -0.05) is 23.9 Å². The van der Waals surface area contributed by atoms with Crippen LogP contribution in [0.4, 0.5) is 5.69 Å². The lowest BCUT2D eigenvalue weighted by Gasteiger charge is -2.13. The molecule has 1 unspecified atom stereocenters. The first-order chi connectivity index (χ1) is 9.49. The summed E-state index contributed by atoms with van der Waals surface area (Å²) in [6.45, 7) is 6.12. The Morgan fingerprint density at radius 2 is 2.10 bits per heavy atom. The van der Waals surface area contributed by atoms with Crippen molar-refractivity contribution in [3.63, 3.8) is 0 Å². The summed E-state index contributed by atoms with van der Waals surface area (Å²) >= 11 is 1.55. The maximum atomic E-state index is 10.8. The van der Waals surface area contributed by atoms with E-state index in [2.05, 4.69) is 24.0 Å². The third-order valence-electron chi connectivity index (χ3n) is 2.93. The predicted molar refractivity (Wildman–Crippen MR) is 77.8 cm³/mol. The molecule has 0 bridgehead atoms. The van der Waals surface area contributed by atoms with Crippen LogP contribution in [-0.2, 0) is 0 Å². The van der Waals surface area contributed by atoms with Crippen molar-refractivity contribution in [2.75, 3.05) is 0 Å². The van der Waals surface area contributed by atoms with Gasteiger partial charge in [0.05, 0.1) is 4.92 Å². The van der Waals surface area contributed by atoms with Crippen LogP contribution < -0.4 is 0 Å². The van der Waals surface area contributed by atoms with E-state index in [1.54, 1.807) is 30.2 Å². The summed E-state index contributed by atoms with van der Waals surface area (Å²) < 4.78 is 1.98. The lowest BCUT2D eigenvalue weighted by molar-refractivity contribution is -0.384. The predicted octanol–water partition coefficient (Wildman–Crippen LogP) is 3.62. The molecule has 0 aliphatic carbocycles. The highest BCUT2D eigenvalue weighted by molar-refractivity contribution is 7.99. The molecule has 20 heavy (non-hydrogen) atoms. The van der Waals surface area contributed by atoms with Crippen molar-refractivity contribution in [3.05, 3.63) is 46.3 Å². The van der Waals surface area contributed by atoms with Crippen LogP contribution in [0.1, 0.15) is 37.6 Å². The summed E-state index contributed by atoms with van der Waals surface area (Å²) in [5, 5.41) is 19.7. The van der Waals surface area contributed by atoms with Gasteiger partial charge in [0.1, 0.15) is 6.33 Å². The van der Waals surface area contributed by atoms with Crippen LogP contribution in [0.2, 0.25) is 0 Å². The summed E-state index contributed by atoms with van der Waals surface area (Å²) in [6, 6.07) is 6.98. The molecule has 7 heteroatoms. The van der Waals surface area contributed by atoms with Gasteiger partial charge in [-0.25, -0.2) is 0 Å². The molecule has 1 aromatic carbocycles. The molecule has 0 amide bonds. The summed E-state index contributed by atoms with van der Waals surface area (Å²) in [6.07, 6.45) is 1.70. The number of nitrogens with zero attached hydrogens (tertiary/aromatic N) is 4. The van der Waals surface area contributed by atoms with Crippen molar-refractivity contribution in [1.29, 1.82) is 0 Å². The first kappa shape index (κ1) is 14.5. The van der Waals surface area contributed by atoms with Gasteiger partial charge >= 0.3 is 0 Å². The van der Waals surface area contributed by atoms with Crippen LogP contribution in [0.5, 0.6) is 0 Å². The topological polar surface area (TPSA) is 73.8 Å². The van der Waals surface area contributed by atoms with E-state index in [9.17, 15) is 10.1 Å². The molecule has 1 aromatic heterocycles. The second kappa shape index (κ2) is 6.04. The normalized spacial score (nSPS) is 12.6. The molecular weight excluding hydrogens is 276 g/mol. The van der Waals surface area contributed by atoms with Crippen LogP contribution in [0, 0.1) is 10.1 Å². The van der Waals surface area contributed by atoms with Crippen molar-refractivity contribution in [3.8, 4) is 0 Å². The number of nitro groups is 1. The third-order valence-corrected chi connectivity index (χ3v) is 4.06. The largest absolute Gasteiger partial charge is 0.306 e. The molecule has 1 heterocycles. The maximum absolute atomic E-state index is 10.8. The van der Waals surface area contributed by atoms with E-state index in [4.69, 9.17) is 0 Å². The molecule has 6 nitrogen and oxygen atoms in total. The van der Waals surface area contributed by atoms with Gasteiger partial charge in [0.2, 0.25) is 0 Å². The van der Waals surface area contributed by atoms with Gasteiger partial charge in [0.25, 0.3) is 5.69 Å². The van der Waals surface area contributed by atoms with Gasteiger partial charge in [-0.05, 0) is 26.3 Å². The lowest BCUT2D eigenvalue weighted by atomic mass is 10.1. The summed E-state index contributed by atoms with van der Waals surface area (Å²) in [5.41, 5.74) is 1.02. The molecule has 0 aliphatic rings. The van der Waals surface area contributed by atoms with E-state index in [-0.39, 0.29) is 21.9 Å². The molecule has 0 radical (unpaired) electrons. The SMILES string of the molecule is CC(Sc1nncn1C(C)C)c1cccc([N+](=O)[O-])c1. The molecule has 0 spiro atoms. The molecule has 0 N–H and O–H groups in total. The molecular formula is C13H16N4O2S. The summed E-state index contributed by atoms with van der Waals surface area (Å²) in [7, 11) is 0. The van der Waals surface area contributed by atoms with Gasteiger partial charge < -0.3 is 4.57 Å². The highest BCUT2D eigenvalue weighted by Crippen LogP contribution is 2.35. The molecule has 2 aromatic rings. The van der Waals surface area contributed by atoms with E-state index < -0.39 is 0 Å². The van der Waals surface area contributed by atoms with Gasteiger partial charge in [-0.3, -0.25) is 10.1 Å². The minimum atomic E-state index is -0.377. The fraction of sp³-hybridized carbons (Fsp3) is 0.385. The zero-order chi connectivity index (χ0) is 14.7. The number of benzene rings is 1. The van der Waals surface area contributed by atoms with Crippen LogP contribution in [0.15, 0.2) is 35.7 Å². The molecule has 0 saturated heterocycles. The highest BCUT2D eigenvalue weighted by atomic mass is 32.2. The molecule has 2 rings (SSSR count). The van der Waals surface area contributed by atoms with Crippen LogP contribution in [0.3, 0.4) is 0 Å². The minimum Gasteiger partial charge on any atom is -0.306 e. The first-order valence-corrected chi connectivity index (χ1v) is 7.17. The highest BCUT2D eigenvalue weighted by Gasteiger charge is 2.16. The number of thioether (sulfide) groups is 1. The van der Waals surface area contributed by atoms with E-state index in [0.717, 1.165) is 10.7 Å². The van der Waals surface area contributed by atoms with Gasteiger partial charge in [0.15, 0.2) is 5.16 Å². The summed E-state index contributed by atoms with van der Waals surface area (Å²) in [5.74, 6) is 0. The second-order valence-electron chi connectivity index (χ2n) is 4.73. The van der Waals surface area contributed by atoms with Crippen molar-refractivity contribution in [2.24, 2.45) is 0 Å². The van der Waals surface area contributed by atoms with Gasteiger partial charge in [-0.2, -0.15) is 0 Å². The van der Waals surface area contributed by atoms with Crippen LogP contribution in [0.25, 0.3) is 0 Å². The number of nitro benzene ring substituents is 1. The Labute approximate surface area is 121 Å². The number of hydrogen-bond donors (Lipinski definition) is 0.